The molecule has 0 bridgehead atoms. The summed E-state index contributed by atoms with van der Waals surface area (Å²) in [6.07, 6.45) is 14.4. The monoisotopic (exact) mass is 391 g/mol. The van der Waals surface area contributed by atoms with Crippen LogP contribution in [0.5, 0.6) is 0 Å². The van der Waals surface area contributed by atoms with Gasteiger partial charge in [-0.2, -0.15) is 5.26 Å². The van der Waals surface area contributed by atoms with Crippen LogP contribution in [0.4, 0.5) is 0 Å². The Bertz CT molecular complexity index is 715. The van der Waals surface area contributed by atoms with Crippen LogP contribution in [-0.2, 0) is 6.42 Å². The molecule has 2 aromatic rings. The lowest BCUT2D eigenvalue weighted by atomic mass is 9.95. The van der Waals surface area contributed by atoms with Crippen molar-refractivity contribution in [3.63, 3.8) is 0 Å². The van der Waals surface area contributed by atoms with Crippen molar-refractivity contribution < 1.29 is 4.79 Å². The van der Waals surface area contributed by atoms with Gasteiger partial charge in [0.1, 0.15) is 0 Å². The maximum atomic E-state index is 12.7. The number of rotatable bonds is 13. The Morgan fingerprint density at radius 2 is 1.24 bits per heavy atom. The van der Waals surface area contributed by atoms with Gasteiger partial charge in [0.05, 0.1) is 6.07 Å². The fraction of sp³-hybridized carbons (Fsp3) is 0.481. The second-order valence-electron chi connectivity index (χ2n) is 7.51. The van der Waals surface area contributed by atoms with E-state index < -0.39 is 0 Å². The van der Waals surface area contributed by atoms with E-state index in [0.717, 1.165) is 17.5 Å². The highest BCUT2D eigenvalue weighted by Gasteiger charge is 2.12. The van der Waals surface area contributed by atoms with Crippen LogP contribution in [0.15, 0.2) is 54.6 Å². The van der Waals surface area contributed by atoms with E-state index in [1.54, 1.807) is 6.07 Å². The number of aryl methyl sites for hydroxylation is 1. The van der Waals surface area contributed by atoms with Gasteiger partial charge in [-0.05, 0) is 18.4 Å². The number of benzene rings is 2. The smallest absolute Gasteiger partial charge is 0.193 e. The van der Waals surface area contributed by atoms with Crippen molar-refractivity contribution in [3.8, 4) is 6.07 Å². The van der Waals surface area contributed by atoms with Crippen LogP contribution in [0.1, 0.15) is 99.5 Å². The third-order valence-electron chi connectivity index (χ3n) is 5.10. The quantitative estimate of drug-likeness (QED) is 0.257. The normalized spacial score (nSPS) is 9.97. The average Bonchev–Trinajstić information content (AvgIpc) is 2.76. The molecular formula is C27H37NO. The molecule has 2 rings (SSSR count). The summed E-state index contributed by atoms with van der Waals surface area (Å²) in [6.45, 7) is 3.70. The molecule has 29 heavy (non-hydrogen) atoms. The Balaban J connectivity index is 0.00000132. The molecule has 0 spiro atoms. The molecule has 2 heteroatoms. The molecule has 0 heterocycles. The first-order chi connectivity index (χ1) is 14.2. The van der Waals surface area contributed by atoms with Crippen molar-refractivity contribution in [2.45, 2.75) is 84.5 Å². The van der Waals surface area contributed by atoms with Gasteiger partial charge in [0.2, 0.25) is 0 Å². The number of nitrogens with zero attached hydrogens (tertiary/aromatic N) is 1. The van der Waals surface area contributed by atoms with Gasteiger partial charge in [-0.1, -0.05) is 119 Å². The highest BCUT2D eigenvalue weighted by Crippen LogP contribution is 2.18. The molecule has 0 aromatic heterocycles. The topological polar surface area (TPSA) is 40.9 Å². The highest BCUT2D eigenvalue weighted by atomic mass is 16.1. The Morgan fingerprint density at radius 1 is 0.759 bits per heavy atom. The zero-order valence-corrected chi connectivity index (χ0v) is 18.3. The summed E-state index contributed by atoms with van der Waals surface area (Å²) in [5, 5.41) is 7.32. The lowest BCUT2D eigenvalue weighted by Crippen LogP contribution is -2.05. The molecule has 0 N–H and O–H groups in total. The van der Waals surface area contributed by atoms with Crippen LogP contribution in [0.3, 0.4) is 0 Å². The summed E-state index contributed by atoms with van der Waals surface area (Å²) < 4.78 is 0. The van der Waals surface area contributed by atoms with E-state index in [1.807, 2.05) is 48.5 Å². The molecule has 0 saturated carbocycles. The van der Waals surface area contributed by atoms with Crippen molar-refractivity contribution in [1.29, 1.82) is 5.26 Å². The van der Waals surface area contributed by atoms with E-state index in [4.69, 9.17) is 5.26 Å². The predicted molar refractivity (Wildman–Crippen MR) is 123 cm³/mol. The van der Waals surface area contributed by atoms with Crippen LogP contribution in [-0.4, -0.2) is 5.78 Å². The van der Waals surface area contributed by atoms with E-state index >= 15 is 0 Å². The Kier molecular flexibility index (Phi) is 14.1. The molecule has 0 aliphatic carbocycles. The van der Waals surface area contributed by atoms with Crippen molar-refractivity contribution in [3.05, 3.63) is 71.3 Å². The fourth-order valence-electron chi connectivity index (χ4n) is 3.51. The number of hydrogen-bond donors (Lipinski definition) is 0. The second kappa shape index (κ2) is 16.5. The van der Waals surface area contributed by atoms with Gasteiger partial charge in [-0.3, -0.25) is 4.79 Å². The summed E-state index contributed by atoms with van der Waals surface area (Å²) in [7, 11) is 0. The largest absolute Gasteiger partial charge is 0.289 e. The number of ketones is 1. The third-order valence-corrected chi connectivity index (χ3v) is 5.10. The lowest BCUT2D eigenvalue weighted by Gasteiger charge is -2.09. The summed E-state index contributed by atoms with van der Waals surface area (Å²) in [5.74, 6) is 0.147. The zero-order chi connectivity index (χ0) is 21.2. The van der Waals surface area contributed by atoms with Gasteiger partial charge in [0.15, 0.2) is 5.78 Å². The van der Waals surface area contributed by atoms with Crippen molar-refractivity contribution in [2.75, 3.05) is 0 Å². The number of carbonyl (C=O) groups excluding carboxylic acids is 1. The van der Waals surface area contributed by atoms with E-state index in [-0.39, 0.29) is 5.78 Å². The molecule has 2 aromatic carbocycles. The second-order valence-corrected chi connectivity index (χ2v) is 7.51. The molecule has 0 fully saturated rings. The van der Waals surface area contributed by atoms with E-state index in [0.29, 0.717) is 0 Å². The van der Waals surface area contributed by atoms with Crippen LogP contribution in [0.25, 0.3) is 0 Å². The van der Waals surface area contributed by atoms with Crippen molar-refractivity contribution >= 4 is 5.78 Å². The lowest BCUT2D eigenvalue weighted by molar-refractivity contribution is 0.103. The number of nitriles is 1. The molecule has 0 aliphatic rings. The van der Waals surface area contributed by atoms with Gasteiger partial charge in [-0.15, -0.1) is 0 Å². The van der Waals surface area contributed by atoms with Crippen molar-refractivity contribution in [1.82, 2.24) is 0 Å². The first-order valence-electron chi connectivity index (χ1n) is 11.2. The van der Waals surface area contributed by atoms with E-state index in [9.17, 15) is 4.79 Å². The number of carbonyl (C=O) groups is 1. The van der Waals surface area contributed by atoms with Crippen LogP contribution >= 0.6 is 0 Å². The van der Waals surface area contributed by atoms with E-state index in [2.05, 4.69) is 13.0 Å². The van der Waals surface area contributed by atoms with Gasteiger partial charge >= 0.3 is 0 Å². The first-order valence-corrected chi connectivity index (χ1v) is 11.2. The molecule has 0 unspecified atom stereocenters. The van der Waals surface area contributed by atoms with Gasteiger partial charge < -0.3 is 0 Å². The SMILES string of the molecule is CC#N.CCCCCCCCCCCCc1ccccc1C(=O)c1ccccc1. The molecule has 2 nitrogen and oxygen atoms in total. The summed E-state index contributed by atoms with van der Waals surface area (Å²) in [5.41, 5.74) is 2.85. The third kappa shape index (κ3) is 10.6. The van der Waals surface area contributed by atoms with Crippen molar-refractivity contribution in [2.24, 2.45) is 0 Å². The highest BCUT2D eigenvalue weighted by molar-refractivity contribution is 6.09. The van der Waals surface area contributed by atoms with Gasteiger partial charge in [0, 0.05) is 18.1 Å². The average molecular weight is 392 g/mol. The molecule has 156 valence electrons. The molecule has 0 radical (unpaired) electrons. The zero-order valence-electron chi connectivity index (χ0n) is 18.3. The molecule has 0 saturated heterocycles. The minimum Gasteiger partial charge on any atom is -0.289 e. The Labute approximate surface area is 178 Å². The van der Waals surface area contributed by atoms with Crippen LogP contribution in [0.2, 0.25) is 0 Å². The van der Waals surface area contributed by atoms with Crippen LogP contribution in [0, 0.1) is 11.3 Å². The fourth-order valence-corrected chi connectivity index (χ4v) is 3.51. The molecule has 0 amide bonds. The summed E-state index contributed by atoms with van der Waals surface area (Å²) in [6, 6.07) is 19.5. The Hall–Kier alpha value is -2.40. The minimum atomic E-state index is 0.147. The number of unbranched alkanes of at least 4 members (excludes halogenated alkanes) is 9. The summed E-state index contributed by atoms with van der Waals surface area (Å²) in [4.78, 5) is 12.7. The first kappa shape index (κ1) is 24.6. The standard InChI is InChI=1S/C25H34O.C2H3N/c1-2-3-4-5-6-7-8-9-10-12-17-22-18-15-16-21-24(22)25(26)23-19-13-11-14-20-23;1-2-3/h11,13-16,18-21H,2-10,12,17H2,1H3;1H3. The predicted octanol–water partition coefficient (Wildman–Crippen LogP) is 7.91. The van der Waals surface area contributed by atoms with Gasteiger partial charge in [-0.25, -0.2) is 0 Å². The maximum Gasteiger partial charge on any atom is 0.193 e. The summed E-state index contributed by atoms with van der Waals surface area (Å²) >= 11 is 0. The van der Waals surface area contributed by atoms with E-state index in [1.165, 1.54) is 76.7 Å². The van der Waals surface area contributed by atoms with Crippen LogP contribution < -0.4 is 0 Å². The minimum absolute atomic E-state index is 0.147. The molecule has 0 atom stereocenters. The maximum absolute atomic E-state index is 12.7. The Morgan fingerprint density at radius 3 is 1.83 bits per heavy atom. The molecule has 0 aliphatic heterocycles. The molecular weight excluding hydrogens is 354 g/mol. The van der Waals surface area contributed by atoms with Gasteiger partial charge in [0.25, 0.3) is 0 Å². The number of hydrogen-bond acceptors (Lipinski definition) is 2.